The molecule has 1 fully saturated rings. The van der Waals surface area contributed by atoms with Gasteiger partial charge in [-0.05, 0) is 24.7 Å². The van der Waals surface area contributed by atoms with Gasteiger partial charge in [0.2, 0.25) is 0 Å². The van der Waals surface area contributed by atoms with Crippen molar-refractivity contribution < 1.29 is 14.6 Å². The number of aromatic nitrogens is 2. The highest BCUT2D eigenvalue weighted by atomic mass is 32.2. The Balaban J connectivity index is 1.83. The van der Waals surface area contributed by atoms with Crippen LogP contribution in [0.4, 0.5) is 5.82 Å². The van der Waals surface area contributed by atoms with E-state index < -0.39 is 5.97 Å². The zero-order chi connectivity index (χ0) is 18.4. The third kappa shape index (κ3) is 4.90. The largest absolute Gasteiger partial charge is 0.477 e. The van der Waals surface area contributed by atoms with Gasteiger partial charge in [0, 0.05) is 18.9 Å². The summed E-state index contributed by atoms with van der Waals surface area (Å²) in [5.74, 6) is -0.0112. The van der Waals surface area contributed by atoms with E-state index in [0.29, 0.717) is 28.3 Å². The van der Waals surface area contributed by atoms with Gasteiger partial charge in [-0.25, -0.2) is 14.8 Å². The van der Waals surface area contributed by atoms with Crippen molar-refractivity contribution in [1.82, 2.24) is 9.97 Å². The number of rotatable bonds is 8. The molecule has 0 bridgehead atoms. The number of aromatic carboxylic acids is 1. The molecular formula is C18H21N3O3S2. The molecule has 138 valence electrons. The monoisotopic (exact) mass is 391 g/mol. The molecule has 0 amide bonds. The van der Waals surface area contributed by atoms with Crippen molar-refractivity contribution in [2.45, 2.75) is 34.9 Å². The summed E-state index contributed by atoms with van der Waals surface area (Å²) >= 11 is 2.81. The highest BCUT2D eigenvalue weighted by Gasteiger charge is 2.23. The van der Waals surface area contributed by atoms with Crippen LogP contribution in [0.5, 0.6) is 0 Å². The maximum atomic E-state index is 11.9. The van der Waals surface area contributed by atoms with Crippen molar-refractivity contribution in [2.24, 2.45) is 0 Å². The summed E-state index contributed by atoms with van der Waals surface area (Å²) in [4.78, 5) is 20.7. The zero-order valence-corrected chi connectivity index (χ0v) is 16.1. The van der Waals surface area contributed by atoms with Crippen LogP contribution in [0.15, 0.2) is 40.5 Å². The molecule has 2 aromatic rings. The minimum Gasteiger partial charge on any atom is -0.477 e. The molecule has 0 radical (unpaired) electrons. The average molecular weight is 392 g/mol. The third-order valence-electron chi connectivity index (χ3n) is 3.99. The topological polar surface area (TPSA) is 84.3 Å². The quantitative estimate of drug-likeness (QED) is 0.400. The number of hydrogen-bond donors (Lipinski definition) is 2. The molecule has 26 heavy (non-hydrogen) atoms. The van der Waals surface area contributed by atoms with Gasteiger partial charge in [-0.1, -0.05) is 42.1 Å². The van der Waals surface area contributed by atoms with Gasteiger partial charge in [-0.15, -0.1) is 11.8 Å². The van der Waals surface area contributed by atoms with Crippen LogP contribution in [0.25, 0.3) is 0 Å². The van der Waals surface area contributed by atoms with Crippen molar-refractivity contribution in [2.75, 3.05) is 24.7 Å². The number of thioether (sulfide) groups is 2. The Hall–Kier alpha value is -1.77. The third-order valence-corrected chi connectivity index (χ3v) is 5.59. The first-order chi connectivity index (χ1) is 12.7. The van der Waals surface area contributed by atoms with Crippen LogP contribution in [0, 0.1) is 0 Å². The van der Waals surface area contributed by atoms with E-state index in [9.17, 15) is 9.90 Å². The van der Waals surface area contributed by atoms with E-state index in [0.717, 1.165) is 25.0 Å². The first-order valence-corrected chi connectivity index (χ1v) is 10.6. The Labute approximate surface area is 161 Å². The van der Waals surface area contributed by atoms with Crippen LogP contribution in [0.1, 0.15) is 28.8 Å². The van der Waals surface area contributed by atoms with Crippen LogP contribution in [0.2, 0.25) is 0 Å². The number of carboxylic acid groups (broad SMARTS) is 1. The lowest BCUT2D eigenvalue weighted by atomic mass is 10.2. The Kier molecular flexibility index (Phi) is 6.76. The molecule has 1 saturated heterocycles. The summed E-state index contributed by atoms with van der Waals surface area (Å²) in [5, 5.41) is 13.9. The number of nitrogens with one attached hydrogen (secondary N) is 1. The predicted molar refractivity (Wildman–Crippen MR) is 104 cm³/mol. The van der Waals surface area contributed by atoms with Gasteiger partial charge < -0.3 is 15.2 Å². The molecule has 0 saturated carbocycles. The maximum Gasteiger partial charge on any atom is 0.342 e. The molecular weight excluding hydrogens is 370 g/mol. The first-order valence-electron chi connectivity index (χ1n) is 8.39. The lowest BCUT2D eigenvalue weighted by Crippen LogP contribution is -2.21. The lowest BCUT2D eigenvalue weighted by molar-refractivity contribution is 0.0692. The maximum absolute atomic E-state index is 11.9. The van der Waals surface area contributed by atoms with Crippen molar-refractivity contribution in [3.63, 3.8) is 0 Å². The van der Waals surface area contributed by atoms with Crippen LogP contribution < -0.4 is 5.32 Å². The number of hydrogen-bond acceptors (Lipinski definition) is 7. The van der Waals surface area contributed by atoms with Gasteiger partial charge in [-0.3, -0.25) is 0 Å². The summed E-state index contributed by atoms with van der Waals surface area (Å²) in [6.07, 6.45) is 4.00. The second-order valence-corrected chi connectivity index (χ2v) is 7.57. The Bertz CT molecular complexity index is 753. The molecule has 1 unspecified atom stereocenters. The van der Waals surface area contributed by atoms with E-state index >= 15 is 0 Å². The highest BCUT2D eigenvalue weighted by Crippen LogP contribution is 2.30. The van der Waals surface area contributed by atoms with Gasteiger partial charge in [0.1, 0.15) is 16.4 Å². The van der Waals surface area contributed by atoms with Crippen LogP contribution in [0.3, 0.4) is 0 Å². The highest BCUT2D eigenvalue weighted by molar-refractivity contribution is 7.99. The summed E-state index contributed by atoms with van der Waals surface area (Å²) in [7, 11) is 0. The number of carboxylic acids is 1. The zero-order valence-electron chi connectivity index (χ0n) is 14.5. The molecule has 1 aliphatic heterocycles. The Morgan fingerprint density at radius 2 is 2.15 bits per heavy atom. The van der Waals surface area contributed by atoms with Gasteiger partial charge in [-0.2, -0.15) is 0 Å². The van der Waals surface area contributed by atoms with Crippen LogP contribution >= 0.6 is 23.5 Å². The standard InChI is InChI=1S/C18H21N3O3S2/c1-25-18-20-15(19-10-13-8-5-9-24-13)14(17(22)23)16(21-18)26-11-12-6-3-2-4-7-12/h2-4,6-7,13H,5,8-11H2,1H3,(H,22,23)(H,19,20,21). The number of carbonyl (C=O) groups is 1. The molecule has 1 aromatic carbocycles. The minimum atomic E-state index is -1.02. The summed E-state index contributed by atoms with van der Waals surface area (Å²) in [6, 6.07) is 9.92. The minimum absolute atomic E-state index is 0.102. The van der Waals surface area contributed by atoms with Gasteiger partial charge in [0.15, 0.2) is 5.16 Å². The molecule has 1 aromatic heterocycles. The van der Waals surface area contributed by atoms with Crippen molar-refractivity contribution in [1.29, 1.82) is 0 Å². The molecule has 6 nitrogen and oxygen atoms in total. The smallest absolute Gasteiger partial charge is 0.342 e. The molecule has 2 heterocycles. The van der Waals surface area contributed by atoms with E-state index in [-0.39, 0.29) is 11.7 Å². The fourth-order valence-corrected chi connectivity index (χ4v) is 4.08. The van der Waals surface area contributed by atoms with E-state index in [4.69, 9.17) is 4.74 Å². The summed E-state index contributed by atoms with van der Waals surface area (Å²) in [5.41, 5.74) is 1.24. The Morgan fingerprint density at radius 1 is 1.35 bits per heavy atom. The second-order valence-electron chi connectivity index (χ2n) is 5.83. The van der Waals surface area contributed by atoms with Crippen molar-refractivity contribution in [3.05, 3.63) is 41.5 Å². The molecule has 1 aliphatic rings. The van der Waals surface area contributed by atoms with E-state index in [2.05, 4.69) is 15.3 Å². The molecule has 3 rings (SSSR count). The number of ether oxygens (including phenoxy) is 1. The van der Waals surface area contributed by atoms with E-state index in [1.807, 2.05) is 36.6 Å². The fraction of sp³-hybridized carbons (Fsp3) is 0.389. The number of anilines is 1. The summed E-state index contributed by atoms with van der Waals surface area (Å²) in [6.45, 7) is 1.31. The lowest BCUT2D eigenvalue weighted by Gasteiger charge is -2.15. The average Bonchev–Trinajstić information content (AvgIpc) is 3.18. The van der Waals surface area contributed by atoms with Gasteiger partial charge in [0.25, 0.3) is 0 Å². The van der Waals surface area contributed by atoms with Gasteiger partial charge in [0.05, 0.1) is 6.10 Å². The second kappa shape index (κ2) is 9.25. The Morgan fingerprint density at radius 3 is 2.81 bits per heavy atom. The normalized spacial score (nSPS) is 16.6. The molecule has 1 atom stereocenters. The number of nitrogens with zero attached hydrogens (tertiary/aromatic N) is 2. The van der Waals surface area contributed by atoms with Crippen molar-refractivity contribution >= 4 is 35.3 Å². The van der Waals surface area contributed by atoms with Crippen LogP contribution in [-0.2, 0) is 10.5 Å². The molecule has 2 N–H and O–H groups in total. The molecule has 0 aliphatic carbocycles. The van der Waals surface area contributed by atoms with Crippen molar-refractivity contribution in [3.8, 4) is 0 Å². The van der Waals surface area contributed by atoms with Crippen LogP contribution in [-0.4, -0.2) is 46.6 Å². The fourth-order valence-electron chi connectivity index (χ4n) is 2.68. The molecule has 0 spiro atoms. The van der Waals surface area contributed by atoms with E-state index in [1.165, 1.54) is 23.5 Å². The summed E-state index contributed by atoms with van der Waals surface area (Å²) < 4.78 is 5.60. The van der Waals surface area contributed by atoms with E-state index in [1.54, 1.807) is 0 Å². The number of benzene rings is 1. The first kappa shape index (κ1) is 19.0. The SMILES string of the molecule is CSc1nc(NCC2CCCO2)c(C(=O)O)c(SCc2ccccc2)n1. The van der Waals surface area contributed by atoms with Gasteiger partial charge >= 0.3 is 5.97 Å². The molecule has 8 heteroatoms. The predicted octanol–water partition coefficient (Wildman–Crippen LogP) is 3.78.